The van der Waals surface area contributed by atoms with E-state index in [2.05, 4.69) is 10.6 Å². The highest BCUT2D eigenvalue weighted by atomic mass is 16.5. The second-order valence-electron chi connectivity index (χ2n) is 9.44. The predicted molar refractivity (Wildman–Crippen MR) is 107 cm³/mol. The molecule has 1 aromatic rings. The van der Waals surface area contributed by atoms with Crippen molar-refractivity contribution in [1.29, 1.82) is 0 Å². The first kappa shape index (κ1) is 18.6. The van der Waals surface area contributed by atoms with Gasteiger partial charge in [0.25, 0.3) is 11.8 Å². The van der Waals surface area contributed by atoms with Crippen molar-refractivity contribution in [2.24, 2.45) is 29.6 Å². The van der Waals surface area contributed by atoms with Gasteiger partial charge in [-0.15, -0.1) is 0 Å². The lowest BCUT2D eigenvalue weighted by molar-refractivity contribution is -0.164. The zero-order valence-corrected chi connectivity index (χ0v) is 16.6. The fourth-order valence-electron chi connectivity index (χ4n) is 5.97. The number of hydrogen-bond acceptors (Lipinski definition) is 4. The third-order valence-electron chi connectivity index (χ3n) is 7.17. The fraction of sp³-hybridized carbons (Fsp3) is 0.609. The van der Waals surface area contributed by atoms with Gasteiger partial charge in [-0.1, -0.05) is 6.07 Å². The molecule has 2 N–H and O–H groups in total. The first-order valence-corrected chi connectivity index (χ1v) is 10.9. The predicted octanol–water partition coefficient (Wildman–Crippen LogP) is 3.13. The highest BCUT2D eigenvalue weighted by Crippen LogP contribution is 2.56. The van der Waals surface area contributed by atoms with Crippen LogP contribution in [0.3, 0.4) is 0 Å². The highest BCUT2D eigenvalue weighted by molar-refractivity contribution is 5.98. The molecule has 0 radical (unpaired) electrons. The van der Waals surface area contributed by atoms with Crippen molar-refractivity contribution in [3.05, 3.63) is 29.8 Å². The number of amides is 2. The molecule has 0 aromatic heterocycles. The summed E-state index contributed by atoms with van der Waals surface area (Å²) in [5, 5.41) is 5.66. The van der Waals surface area contributed by atoms with E-state index >= 15 is 0 Å². The summed E-state index contributed by atoms with van der Waals surface area (Å²) < 4.78 is 5.41. The van der Waals surface area contributed by atoms with E-state index in [0.29, 0.717) is 23.1 Å². The summed E-state index contributed by atoms with van der Waals surface area (Å²) in [6, 6.07) is 7.11. The van der Waals surface area contributed by atoms with E-state index < -0.39 is 0 Å². The van der Waals surface area contributed by atoms with E-state index in [4.69, 9.17) is 4.74 Å². The van der Waals surface area contributed by atoms with Crippen molar-refractivity contribution in [3.63, 3.8) is 0 Å². The molecule has 5 saturated carbocycles. The Balaban J connectivity index is 1.13. The van der Waals surface area contributed by atoms with E-state index in [9.17, 15) is 14.4 Å². The van der Waals surface area contributed by atoms with Crippen molar-refractivity contribution in [2.45, 2.75) is 51.0 Å². The van der Waals surface area contributed by atoms with Gasteiger partial charge < -0.3 is 15.4 Å². The number of esters is 1. The molecule has 2 amide bonds. The van der Waals surface area contributed by atoms with Gasteiger partial charge in [0.15, 0.2) is 6.61 Å². The van der Waals surface area contributed by atoms with Crippen LogP contribution in [-0.2, 0) is 14.3 Å². The molecule has 0 saturated heterocycles. The van der Waals surface area contributed by atoms with Crippen LogP contribution in [0.4, 0.5) is 5.69 Å². The summed E-state index contributed by atoms with van der Waals surface area (Å²) in [5.41, 5.74) is 1.05. The molecule has 6 heteroatoms. The Hall–Kier alpha value is -2.37. The molecule has 29 heavy (non-hydrogen) atoms. The van der Waals surface area contributed by atoms with Gasteiger partial charge in [-0.05, 0) is 86.8 Å². The SMILES string of the molecule is O=C(COC(=O)C1C2CC3CC(C2)CC1C3)Nc1cccc(C(=O)NC2CC2)c1. The van der Waals surface area contributed by atoms with E-state index in [1.807, 2.05) is 0 Å². The Bertz CT molecular complexity index is 804. The number of carbonyl (C=O) groups excluding carboxylic acids is 3. The Kier molecular flexibility index (Phi) is 4.80. The molecule has 1 aromatic carbocycles. The number of nitrogens with one attached hydrogen (secondary N) is 2. The molecule has 0 heterocycles. The van der Waals surface area contributed by atoms with Gasteiger partial charge in [-0.25, -0.2) is 0 Å². The first-order chi connectivity index (χ1) is 14.0. The number of rotatable bonds is 6. The van der Waals surface area contributed by atoms with E-state index in [1.54, 1.807) is 24.3 Å². The van der Waals surface area contributed by atoms with Crippen molar-refractivity contribution in [3.8, 4) is 0 Å². The average molecular weight is 396 g/mol. The molecular formula is C23H28N2O4. The van der Waals surface area contributed by atoms with Gasteiger partial charge in [-0.2, -0.15) is 0 Å². The molecule has 154 valence electrons. The van der Waals surface area contributed by atoms with Gasteiger partial charge in [0, 0.05) is 17.3 Å². The maximum absolute atomic E-state index is 12.7. The number of anilines is 1. The Morgan fingerprint density at radius 3 is 2.31 bits per heavy atom. The summed E-state index contributed by atoms with van der Waals surface area (Å²) in [6.45, 7) is -0.278. The highest BCUT2D eigenvalue weighted by Gasteiger charge is 2.51. The van der Waals surface area contributed by atoms with Crippen LogP contribution in [-0.4, -0.2) is 30.4 Å². The molecule has 0 atom stereocenters. The van der Waals surface area contributed by atoms with Crippen molar-refractivity contribution in [2.75, 3.05) is 11.9 Å². The van der Waals surface area contributed by atoms with Crippen molar-refractivity contribution >= 4 is 23.5 Å². The lowest BCUT2D eigenvalue weighted by Gasteiger charge is -2.53. The zero-order valence-electron chi connectivity index (χ0n) is 16.6. The molecule has 0 aliphatic heterocycles. The van der Waals surface area contributed by atoms with Gasteiger partial charge in [-0.3, -0.25) is 14.4 Å². The van der Waals surface area contributed by atoms with Crippen LogP contribution in [0.5, 0.6) is 0 Å². The maximum Gasteiger partial charge on any atom is 0.310 e. The molecule has 5 aliphatic rings. The van der Waals surface area contributed by atoms with Crippen LogP contribution in [0.1, 0.15) is 55.3 Å². The summed E-state index contributed by atoms with van der Waals surface area (Å²) in [5.74, 6) is 1.77. The van der Waals surface area contributed by atoms with Gasteiger partial charge in [0.1, 0.15) is 0 Å². The number of hydrogen-bond donors (Lipinski definition) is 2. The topological polar surface area (TPSA) is 84.5 Å². The standard InChI is InChI=1S/C23H28N2O4/c26-20(24-19-3-1-2-15(11-19)22(27)25-18-4-5-18)12-29-23(28)21-16-7-13-6-14(9-16)10-17(21)8-13/h1-3,11,13-14,16-18,21H,4-10,12H2,(H,24,26)(H,25,27). The van der Waals surface area contributed by atoms with Crippen LogP contribution in [0, 0.1) is 29.6 Å². The minimum Gasteiger partial charge on any atom is -0.455 e. The van der Waals surface area contributed by atoms with Crippen LogP contribution in [0.15, 0.2) is 24.3 Å². The molecule has 5 fully saturated rings. The van der Waals surface area contributed by atoms with E-state index in [0.717, 1.165) is 50.4 Å². The molecule has 6 rings (SSSR count). The quantitative estimate of drug-likeness (QED) is 0.724. The normalized spacial score (nSPS) is 31.9. The molecule has 6 nitrogen and oxygen atoms in total. The second-order valence-corrected chi connectivity index (χ2v) is 9.44. The van der Waals surface area contributed by atoms with Crippen molar-refractivity contribution < 1.29 is 19.1 Å². The summed E-state index contributed by atoms with van der Waals surface area (Å²) >= 11 is 0. The lowest BCUT2D eigenvalue weighted by atomic mass is 9.52. The average Bonchev–Trinajstić information content (AvgIpc) is 3.50. The molecular weight excluding hydrogens is 368 g/mol. The molecule has 5 aliphatic carbocycles. The van der Waals surface area contributed by atoms with Gasteiger partial charge >= 0.3 is 5.97 Å². The maximum atomic E-state index is 12.7. The molecule has 4 bridgehead atoms. The second kappa shape index (κ2) is 7.47. The largest absolute Gasteiger partial charge is 0.455 e. The van der Waals surface area contributed by atoms with Crippen LogP contribution in [0.2, 0.25) is 0 Å². The van der Waals surface area contributed by atoms with Crippen molar-refractivity contribution in [1.82, 2.24) is 5.32 Å². The zero-order chi connectivity index (χ0) is 20.0. The number of ether oxygens (including phenoxy) is 1. The van der Waals surface area contributed by atoms with Gasteiger partial charge in [0.2, 0.25) is 0 Å². The lowest BCUT2D eigenvalue weighted by Crippen LogP contribution is -2.48. The van der Waals surface area contributed by atoms with E-state index in [1.165, 1.54) is 6.42 Å². The Labute approximate surface area is 170 Å². The summed E-state index contributed by atoms with van der Waals surface area (Å²) in [6.07, 6.45) is 7.98. The third-order valence-corrected chi connectivity index (χ3v) is 7.17. The minimum absolute atomic E-state index is 0.0231. The third kappa shape index (κ3) is 4.02. The first-order valence-electron chi connectivity index (χ1n) is 10.9. The summed E-state index contributed by atoms with van der Waals surface area (Å²) in [4.78, 5) is 37.1. The minimum atomic E-state index is -0.373. The monoisotopic (exact) mass is 396 g/mol. The Morgan fingerprint density at radius 1 is 0.966 bits per heavy atom. The van der Waals surface area contributed by atoms with Crippen LogP contribution < -0.4 is 10.6 Å². The van der Waals surface area contributed by atoms with Crippen LogP contribution in [0.25, 0.3) is 0 Å². The van der Waals surface area contributed by atoms with Crippen LogP contribution >= 0.6 is 0 Å². The van der Waals surface area contributed by atoms with Gasteiger partial charge in [0.05, 0.1) is 5.92 Å². The number of carbonyl (C=O) groups is 3. The molecule has 0 spiro atoms. The number of benzene rings is 1. The fourth-order valence-corrected chi connectivity index (χ4v) is 5.97. The Morgan fingerprint density at radius 2 is 1.66 bits per heavy atom. The van der Waals surface area contributed by atoms with E-state index in [-0.39, 0.29) is 36.4 Å². The summed E-state index contributed by atoms with van der Waals surface area (Å²) in [7, 11) is 0. The molecule has 0 unspecified atom stereocenters. The smallest absolute Gasteiger partial charge is 0.310 e.